The van der Waals surface area contributed by atoms with Gasteiger partial charge in [0.25, 0.3) is 0 Å². The Bertz CT molecular complexity index is 490. The Kier molecular flexibility index (Phi) is 4.02. The van der Waals surface area contributed by atoms with Crippen molar-refractivity contribution in [2.75, 3.05) is 0 Å². The summed E-state index contributed by atoms with van der Waals surface area (Å²) in [5, 5.41) is 7.66. The number of hydrazine groups is 1. The van der Waals surface area contributed by atoms with Crippen molar-refractivity contribution < 1.29 is 0 Å². The summed E-state index contributed by atoms with van der Waals surface area (Å²) in [4.78, 5) is 0. The lowest BCUT2D eigenvalue weighted by Gasteiger charge is -2.16. The molecule has 2 rings (SSSR count). The maximum Gasteiger partial charge on any atom is 0.0544 e. The molecule has 0 amide bonds. The molecule has 0 radical (unpaired) electrons. The zero-order valence-corrected chi connectivity index (χ0v) is 10.7. The molecule has 0 bridgehead atoms. The number of nitrogens with one attached hydrogen (secondary N) is 1. The van der Waals surface area contributed by atoms with E-state index in [1.54, 1.807) is 12.4 Å². The molecule has 0 aliphatic heterocycles. The molecule has 94 valence electrons. The standard InChI is InChI=1S/C14H18N4/c1-10-5-11(2)7-12(6-10)8-14(18-15)13-3-4-16-17-9-13/h3-7,9,14,18H,8,15H2,1-2H3. The normalized spacial score (nSPS) is 12.4. The van der Waals surface area contributed by atoms with E-state index in [0.717, 1.165) is 12.0 Å². The van der Waals surface area contributed by atoms with Crippen molar-refractivity contribution in [2.45, 2.75) is 26.3 Å². The first-order valence-corrected chi connectivity index (χ1v) is 5.99. The molecule has 0 saturated heterocycles. The van der Waals surface area contributed by atoms with Gasteiger partial charge >= 0.3 is 0 Å². The highest BCUT2D eigenvalue weighted by Crippen LogP contribution is 2.18. The van der Waals surface area contributed by atoms with Gasteiger partial charge in [-0.15, -0.1) is 0 Å². The molecule has 0 aliphatic rings. The second-order valence-electron chi connectivity index (χ2n) is 4.60. The van der Waals surface area contributed by atoms with Crippen molar-refractivity contribution >= 4 is 0 Å². The van der Waals surface area contributed by atoms with Gasteiger partial charge in [0.2, 0.25) is 0 Å². The number of aryl methyl sites for hydroxylation is 2. The smallest absolute Gasteiger partial charge is 0.0544 e. The molecular formula is C14H18N4. The molecule has 1 aromatic heterocycles. The molecule has 0 aliphatic carbocycles. The van der Waals surface area contributed by atoms with Gasteiger partial charge in [-0.05, 0) is 37.5 Å². The highest BCUT2D eigenvalue weighted by molar-refractivity contribution is 5.30. The van der Waals surface area contributed by atoms with Crippen LogP contribution in [0, 0.1) is 13.8 Å². The second kappa shape index (κ2) is 5.71. The number of rotatable bonds is 4. The third kappa shape index (κ3) is 3.12. The van der Waals surface area contributed by atoms with Gasteiger partial charge in [-0.2, -0.15) is 10.2 Å². The Balaban J connectivity index is 2.20. The third-order valence-electron chi connectivity index (χ3n) is 2.93. The number of aromatic nitrogens is 2. The predicted molar refractivity (Wildman–Crippen MR) is 71.7 cm³/mol. The lowest BCUT2D eigenvalue weighted by Crippen LogP contribution is -2.29. The minimum atomic E-state index is 0.0571. The van der Waals surface area contributed by atoms with E-state index in [1.165, 1.54) is 16.7 Å². The monoisotopic (exact) mass is 242 g/mol. The Morgan fingerprint density at radius 3 is 2.44 bits per heavy atom. The van der Waals surface area contributed by atoms with Crippen LogP contribution in [0.5, 0.6) is 0 Å². The van der Waals surface area contributed by atoms with Gasteiger partial charge in [-0.25, -0.2) is 0 Å². The zero-order chi connectivity index (χ0) is 13.0. The van der Waals surface area contributed by atoms with Crippen LogP contribution in [0.15, 0.2) is 36.7 Å². The third-order valence-corrected chi connectivity index (χ3v) is 2.93. The topological polar surface area (TPSA) is 63.8 Å². The van der Waals surface area contributed by atoms with Crippen molar-refractivity contribution in [3.05, 3.63) is 58.9 Å². The molecular weight excluding hydrogens is 224 g/mol. The maximum absolute atomic E-state index is 5.63. The van der Waals surface area contributed by atoms with Crippen molar-refractivity contribution in [2.24, 2.45) is 5.84 Å². The van der Waals surface area contributed by atoms with Gasteiger partial charge in [-0.1, -0.05) is 29.3 Å². The summed E-state index contributed by atoms with van der Waals surface area (Å²) in [5.41, 5.74) is 7.70. The molecule has 1 heterocycles. The van der Waals surface area contributed by atoms with Crippen molar-refractivity contribution in [3.63, 3.8) is 0 Å². The van der Waals surface area contributed by atoms with Gasteiger partial charge in [0.1, 0.15) is 0 Å². The van der Waals surface area contributed by atoms with E-state index in [2.05, 4.69) is 47.7 Å². The molecule has 2 aromatic rings. The largest absolute Gasteiger partial charge is 0.271 e. The van der Waals surface area contributed by atoms with Crippen LogP contribution in [0.3, 0.4) is 0 Å². The number of benzene rings is 1. The SMILES string of the molecule is Cc1cc(C)cc(CC(NN)c2ccnnc2)c1. The quantitative estimate of drug-likeness (QED) is 0.634. The maximum atomic E-state index is 5.63. The average molecular weight is 242 g/mol. The Hall–Kier alpha value is -1.78. The van der Waals surface area contributed by atoms with Crippen LogP contribution < -0.4 is 11.3 Å². The lowest BCUT2D eigenvalue weighted by molar-refractivity contribution is 0.548. The molecule has 1 unspecified atom stereocenters. The van der Waals surface area contributed by atoms with E-state index in [-0.39, 0.29) is 6.04 Å². The van der Waals surface area contributed by atoms with Crippen LogP contribution in [0.2, 0.25) is 0 Å². The van der Waals surface area contributed by atoms with Crippen LogP contribution in [-0.2, 0) is 6.42 Å². The molecule has 0 saturated carbocycles. The van der Waals surface area contributed by atoms with Crippen LogP contribution >= 0.6 is 0 Å². The first-order chi connectivity index (χ1) is 8.69. The summed E-state index contributed by atoms with van der Waals surface area (Å²) < 4.78 is 0. The Morgan fingerprint density at radius 2 is 1.89 bits per heavy atom. The van der Waals surface area contributed by atoms with Crippen molar-refractivity contribution in [3.8, 4) is 0 Å². The van der Waals surface area contributed by atoms with E-state index >= 15 is 0 Å². The van der Waals surface area contributed by atoms with E-state index in [0.29, 0.717) is 0 Å². The van der Waals surface area contributed by atoms with E-state index in [4.69, 9.17) is 5.84 Å². The molecule has 3 N–H and O–H groups in total. The van der Waals surface area contributed by atoms with Crippen LogP contribution in [0.25, 0.3) is 0 Å². The summed E-state index contributed by atoms with van der Waals surface area (Å²) in [6.45, 7) is 4.21. The van der Waals surface area contributed by atoms with Crippen LogP contribution in [0.1, 0.15) is 28.3 Å². The van der Waals surface area contributed by atoms with Crippen LogP contribution in [0.4, 0.5) is 0 Å². The summed E-state index contributed by atoms with van der Waals surface area (Å²) >= 11 is 0. The van der Waals surface area contributed by atoms with Gasteiger partial charge in [0, 0.05) is 6.20 Å². The summed E-state index contributed by atoms with van der Waals surface area (Å²) in [5.74, 6) is 5.63. The molecule has 4 heteroatoms. The lowest BCUT2D eigenvalue weighted by atomic mass is 9.98. The highest BCUT2D eigenvalue weighted by atomic mass is 15.2. The zero-order valence-electron chi connectivity index (χ0n) is 10.7. The van der Waals surface area contributed by atoms with E-state index in [1.807, 2.05) is 6.07 Å². The number of nitrogens with zero attached hydrogens (tertiary/aromatic N) is 2. The van der Waals surface area contributed by atoms with Gasteiger partial charge in [0.15, 0.2) is 0 Å². The first kappa shape index (κ1) is 12.7. The predicted octanol–water partition coefficient (Wildman–Crippen LogP) is 1.84. The molecule has 18 heavy (non-hydrogen) atoms. The second-order valence-corrected chi connectivity index (χ2v) is 4.60. The fourth-order valence-electron chi connectivity index (χ4n) is 2.20. The molecule has 1 aromatic carbocycles. The summed E-state index contributed by atoms with van der Waals surface area (Å²) in [7, 11) is 0. The van der Waals surface area contributed by atoms with E-state index in [9.17, 15) is 0 Å². The molecule has 1 atom stereocenters. The van der Waals surface area contributed by atoms with Crippen molar-refractivity contribution in [1.82, 2.24) is 15.6 Å². The fourth-order valence-corrected chi connectivity index (χ4v) is 2.20. The molecule has 0 spiro atoms. The molecule has 4 nitrogen and oxygen atoms in total. The van der Waals surface area contributed by atoms with Crippen LogP contribution in [-0.4, -0.2) is 10.2 Å². The van der Waals surface area contributed by atoms with Crippen molar-refractivity contribution in [1.29, 1.82) is 0 Å². The van der Waals surface area contributed by atoms with Gasteiger partial charge < -0.3 is 0 Å². The average Bonchev–Trinajstić information content (AvgIpc) is 2.36. The summed E-state index contributed by atoms with van der Waals surface area (Å²) in [6, 6.07) is 8.53. The number of hydrogen-bond acceptors (Lipinski definition) is 4. The van der Waals surface area contributed by atoms with E-state index < -0.39 is 0 Å². The highest BCUT2D eigenvalue weighted by Gasteiger charge is 2.11. The Labute approximate surface area is 107 Å². The first-order valence-electron chi connectivity index (χ1n) is 5.99. The fraction of sp³-hybridized carbons (Fsp3) is 0.286. The minimum Gasteiger partial charge on any atom is -0.271 e. The minimum absolute atomic E-state index is 0.0571. The van der Waals surface area contributed by atoms with Gasteiger partial charge in [-0.3, -0.25) is 11.3 Å². The number of nitrogens with two attached hydrogens (primary N) is 1. The summed E-state index contributed by atoms with van der Waals surface area (Å²) in [6.07, 6.45) is 4.26. The van der Waals surface area contributed by atoms with Gasteiger partial charge in [0.05, 0.1) is 12.2 Å². The Morgan fingerprint density at radius 1 is 1.17 bits per heavy atom. The molecule has 0 fully saturated rings. The number of hydrogen-bond donors (Lipinski definition) is 2.